The summed E-state index contributed by atoms with van der Waals surface area (Å²) in [6.45, 7) is 0. The number of hydrogen-bond donors (Lipinski definition) is 1. The fraction of sp³-hybridized carbons (Fsp3) is 0.0526. The lowest BCUT2D eigenvalue weighted by molar-refractivity contribution is -0.133. The van der Waals surface area contributed by atoms with Gasteiger partial charge in [-0.25, -0.2) is 4.79 Å². The quantitative estimate of drug-likeness (QED) is 0.755. The van der Waals surface area contributed by atoms with Crippen LogP contribution in [0.3, 0.4) is 0 Å². The van der Waals surface area contributed by atoms with Crippen molar-refractivity contribution in [1.29, 1.82) is 0 Å². The number of allylic oxidation sites excluding steroid dienone is 1. The Kier molecular flexibility index (Phi) is 2.38. The van der Waals surface area contributed by atoms with Crippen molar-refractivity contribution in [2.75, 3.05) is 0 Å². The maximum absolute atomic E-state index is 13.0. The van der Waals surface area contributed by atoms with E-state index in [0.717, 1.165) is 5.56 Å². The minimum atomic E-state index is -0.574. The van der Waals surface area contributed by atoms with Crippen LogP contribution in [0.15, 0.2) is 65.6 Å². The van der Waals surface area contributed by atoms with E-state index in [1.165, 1.54) is 0 Å². The number of ketones is 1. The van der Waals surface area contributed by atoms with Gasteiger partial charge in [-0.3, -0.25) is 4.79 Å². The summed E-state index contributed by atoms with van der Waals surface area (Å²) in [5.41, 5.74) is 8.52. The fourth-order valence-electron chi connectivity index (χ4n) is 3.59. The zero-order chi connectivity index (χ0) is 16.4. The highest BCUT2D eigenvalue weighted by molar-refractivity contribution is 6.24. The molecule has 2 aliphatic heterocycles. The van der Waals surface area contributed by atoms with E-state index in [0.29, 0.717) is 28.2 Å². The van der Waals surface area contributed by atoms with Gasteiger partial charge in [0.1, 0.15) is 17.1 Å². The lowest BCUT2D eigenvalue weighted by Crippen LogP contribution is -2.31. The average Bonchev–Trinajstić information content (AvgIpc) is 2.87. The number of benzene rings is 2. The number of carbonyl (C=O) groups excluding carboxylic acids is 2. The Morgan fingerprint density at radius 3 is 2.38 bits per heavy atom. The fourth-order valence-corrected chi connectivity index (χ4v) is 3.59. The highest BCUT2D eigenvalue weighted by atomic mass is 16.5. The normalized spacial score (nSPS) is 20.8. The maximum atomic E-state index is 13.0. The third kappa shape index (κ3) is 1.48. The predicted octanol–water partition coefficient (Wildman–Crippen LogP) is 2.50. The molecule has 0 bridgehead atoms. The first-order valence-corrected chi connectivity index (χ1v) is 7.53. The van der Waals surface area contributed by atoms with E-state index in [-0.39, 0.29) is 17.2 Å². The SMILES string of the molecule is NC1=C2C(=O)OC3=C(C(=O)c4ccccc43)C2c2ccccc2O1. The molecule has 0 spiro atoms. The van der Waals surface area contributed by atoms with Gasteiger partial charge in [-0.15, -0.1) is 0 Å². The third-order valence-corrected chi connectivity index (χ3v) is 4.61. The van der Waals surface area contributed by atoms with Gasteiger partial charge in [-0.1, -0.05) is 42.5 Å². The molecular weight excluding hydrogens is 306 g/mol. The van der Waals surface area contributed by atoms with Crippen LogP contribution < -0.4 is 10.5 Å². The van der Waals surface area contributed by atoms with Gasteiger partial charge in [0.05, 0.1) is 11.5 Å². The molecule has 1 unspecified atom stereocenters. The largest absolute Gasteiger partial charge is 0.441 e. The zero-order valence-electron chi connectivity index (χ0n) is 12.4. The second kappa shape index (κ2) is 4.35. The molecule has 5 rings (SSSR count). The first-order valence-electron chi connectivity index (χ1n) is 7.53. The molecule has 1 aliphatic carbocycles. The summed E-state index contributed by atoms with van der Waals surface area (Å²) < 4.78 is 11.0. The molecule has 0 saturated carbocycles. The summed E-state index contributed by atoms with van der Waals surface area (Å²) in [4.78, 5) is 25.5. The van der Waals surface area contributed by atoms with E-state index in [9.17, 15) is 9.59 Å². The molecule has 0 amide bonds. The Hall–Kier alpha value is -3.34. The van der Waals surface area contributed by atoms with Crippen LogP contribution in [-0.4, -0.2) is 11.8 Å². The van der Waals surface area contributed by atoms with E-state index in [1.54, 1.807) is 24.3 Å². The van der Waals surface area contributed by atoms with Crippen LogP contribution in [-0.2, 0) is 9.53 Å². The molecule has 2 N–H and O–H groups in total. The lowest BCUT2D eigenvalue weighted by atomic mass is 9.80. The smallest absolute Gasteiger partial charge is 0.345 e. The van der Waals surface area contributed by atoms with Gasteiger partial charge < -0.3 is 15.2 Å². The van der Waals surface area contributed by atoms with Crippen molar-refractivity contribution in [3.63, 3.8) is 0 Å². The number of rotatable bonds is 0. The highest BCUT2D eigenvalue weighted by Crippen LogP contribution is 2.51. The van der Waals surface area contributed by atoms with E-state index in [1.807, 2.05) is 24.3 Å². The number of fused-ring (bicyclic) bond motifs is 6. The molecular formula is C19H11NO4. The minimum absolute atomic E-state index is 0.0148. The maximum Gasteiger partial charge on any atom is 0.345 e. The van der Waals surface area contributed by atoms with Crippen LogP contribution in [0.1, 0.15) is 27.4 Å². The summed E-state index contributed by atoms with van der Waals surface area (Å²) in [7, 11) is 0. The zero-order valence-corrected chi connectivity index (χ0v) is 12.4. The highest BCUT2D eigenvalue weighted by Gasteiger charge is 2.48. The molecule has 2 heterocycles. The van der Waals surface area contributed by atoms with Crippen LogP contribution in [0.5, 0.6) is 5.75 Å². The lowest BCUT2D eigenvalue weighted by Gasteiger charge is -2.31. The number of hydrogen-bond acceptors (Lipinski definition) is 5. The number of carbonyl (C=O) groups is 2. The second-order valence-corrected chi connectivity index (χ2v) is 5.86. The van der Waals surface area contributed by atoms with Gasteiger partial charge in [0.2, 0.25) is 5.88 Å². The van der Waals surface area contributed by atoms with Crippen LogP contribution in [0.25, 0.3) is 5.76 Å². The monoisotopic (exact) mass is 317 g/mol. The standard InChI is InChI=1S/C19H11NO4/c20-18-15-13(11-7-3-4-8-12(11)23-18)14-16(21)9-5-1-2-6-10(9)17(14)24-19(15)22/h1-8,13H,20H2. The molecule has 0 saturated heterocycles. The van der Waals surface area contributed by atoms with Crippen LogP contribution >= 0.6 is 0 Å². The second-order valence-electron chi connectivity index (χ2n) is 5.86. The first-order chi connectivity index (χ1) is 11.7. The first kappa shape index (κ1) is 13.1. The van der Waals surface area contributed by atoms with Gasteiger partial charge in [0, 0.05) is 16.7 Å². The molecule has 5 nitrogen and oxygen atoms in total. The van der Waals surface area contributed by atoms with Crippen LogP contribution in [0.4, 0.5) is 0 Å². The Morgan fingerprint density at radius 1 is 0.833 bits per heavy atom. The van der Waals surface area contributed by atoms with Gasteiger partial charge in [-0.2, -0.15) is 0 Å². The van der Waals surface area contributed by atoms with Gasteiger partial charge >= 0.3 is 5.97 Å². The van der Waals surface area contributed by atoms with Crippen LogP contribution in [0, 0.1) is 0 Å². The predicted molar refractivity (Wildman–Crippen MR) is 84.8 cm³/mol. The topological polar surface area (TPSA) is 78.6 Å². The number of para-hydroxylation sites is 1. The van der Waals surface area contributed by atoms with Crippen molar-refractivity contribution < 1.29 is 19.1 Å². The van der Waals surface area contributed by atoms with Gasteiger partial charge in [0.25, 0.3) is 0 Å². The number of Topliss-reactive ketones (excluding diaryl/α,β-unsaturated/α-hetero) is 1. The molecule has 0 fully saturated rings. The minimum Gasteiger partial charge on any atom is -0.441 e. The van der Waals surface area contributed by atoms with Crippen molar-refractivity contribution in [3.05, 3.63) is 82.3 Å². The Morgan fingerprint density at radius 2 is 1.54 bits per heavy atom. The van der Waals surface area contributed by atoms with E-state index in [4.69, 9.17) is 15.2 Å². The summed E-state index contributed by atoms with van der Waals surface area (Å²) >= 11 is 0. The Balaban J connectivity index is 1.83. The summed E-state index contributed by atoms with van der Waals surface area (Å²) in [5.74, 6) is -0.409. The third-order valence-electron chi connectivity index (χ3n) is 4.61. The van der Waals surface area contributed by atoms with E-state index in [2.05, 4.69) is 0 Å². The van der Waals surface area contributed by atoms with E-state index < -0.39 is 11.9 Å². The molecule has 0 aromatic heterocycles. The molecule has 0 radical (unpaired) electrons. The molecule has 24 heavy (non-hydrogen) atoms. The van der Waals surface area contributed by atoms with Crippen molar-refractivity contribution in [2.24, 2.45) is 5.73 Å². The summed E-state index contributed by atoms with van der Waals surface area (Å²) in [6, 6.07) is 14.4. The molecule has 3 aliphatic rings. The molecule has 5 heteroatoms. The van der Waals surface area contributed by atoms with Crippen molar-refractivity contribution in [3.8, 4) is 5.75 Å². The number of esters is 1. The molecule has 1 atom stereocenters. The van der Waals surface area contributed by atoms with Crippen molar-refractivity contribution in [2.45, 2.75) is 5.92 Å². The molecule has 2 aromatic carbocycles. The Bertz CT molecular complexity index is 1020. The van der Waals surface area contributed by atoms with Gasteiger partial charge in [-0.05, 0) is 6.07 Å². The number of ether oxygens (including phenoxy) is 2. The number of nitrogens with two attached hydrogens (primary N) is 1. The van der Waals surface area contributed by atoms with E-state index >= 15 is 0 Å². The van der Waals surface area contributed by atoms with Crippen LogP contribution in [0.2, 0.25) is 0 Å². The molecule has 116 valence electrons. The van der Waals surface area contributed by atoms with Crippen molar-refractivity contribution >= 4 is 17.5 Å². The molecule has 2 aromatic rings. The van der Waals surface area contributed by atoms with Crippen molar-refractivity contribution in [1.82, 2.24) is 0 Å². The summed E-state index contributed by atoms with van der Waals surface area (Å²) in [6.07, 6.45) is 0. The Labute approximate surface area is 137 Å². The van der Waals surface area contributed by atoms with Gasteiger partial charge in [0.15, 0.2) is 5.78 Å². The average molecular weight is 317 g/mol. The summed E-state index contributed by atoms with van der Waals surface area (Å²) in [5, 5.41) is 0.